The van der Waals surface area contributed by atoms with Crippen LogP contribution in [0.25, 0.3) is 0 Å². The topological polar surface area (TPSA) is 56.6 Å². The van der Waals surface area contributed by atoms with E-state index in [1.54, 1.807) is 18.3 Å². The maximum Gasteiger partial charge on any atom is 0.488 e. The number of nitrogens with zero attached hydrogens (tertiary/aromatic N) is 2. The smallest absolute Gasteiger partial charge is 0.423 e. The molecule has 5 heteroatoms. The van der Waals surface area contributed by atoms with Crippen molar-refractivity contribution in [2.24, 2.45) is 5.92 Å². The minimum Gasteiger partial charge on any atom is -0.423 e. The number of aromatic nitrogens is 1. The number of pyridine rings is 1. The predicted molar refractivity (Wildman–Crippen MR) is 64.7 cm³/mol. The van der Waals surface area contributed by atoms with Crippen molar-refractivity contribution in [1.82, 2.24) is 4.98 Å². The number of hydrogen-bond acceptors (Lipinski definition) is 4. The van der Waals surface area contributed by atoms with E-state index in [9.17, 15) is 0 Å². The maximum atomic E-state index is 9.11. The molecular formula is C11H17BN2O2. The van der Waals surface area contributed by atoms with Gasteiger partial charge in [0.15, 0.2) is 0 Å². The first-order chi connectivity index (χ1) is 7.66. The van der Waals surface area contributed by atoms with Gasteiger partial charge in [-0.2, -0.15) is 0 Å². The van der Waals surface area contributed by atoms with Gasteiger partial charge in [0.1, 0.15) is 5.82 Å². The molecule has 16 heavy (non-hydrogen) atoms. The Balaban J connectivity index is 2.16. The van der Waals surface area contributed by atoms with Crippen LogP contribution in [0.4, 0.5) is 5.82 Å². The molecule has 1 fully saturated rings. The summed E-state index contributed by atoms with van der Waals surface area (Å²) >= 11 is 0. The SMILES string of the molecule is CC1CCCN(c2cc(B(O)O)ccn2)C1. The van der Waals surface area contributed by atoms with Gasteiger partial charge in [0, 0.05) is 19.3 Å². The summed E-state index contributed by atoms with van der Waals surface area (Å²) in [6, 6.07) is 3.38. The van der Waals surface area contributed by atoms with E-state index in [1.165, 1.54) is 12.8 Å². The van der Waals surface area contributed by atoms with Crippen molar-refractivity contribution in [2.45, 2.75) is 19.8 Å². The molecule has 0 aliphatic carbocycles. The van der Waals surface area contributed by atoms with Crippen LogP contribution in [0.1, 0.15) is 19.8 Å². The van der Waals surface area contributed by atoms with Gasteiger partial charge in [-0.3, -0.25) is 0 Å². The standard InChI is InChI=1S/C11H17BN2O2/c1-9-3-2-6-14(8-9)11-7-10(12(15)16)4-5-13-11/h4-5,7,9,15-16H,2-3,6,8H2,1H3. The number of anilines is 1. The minimum atomic E-state index is -1.41. The van der Waals surface area contributed by atoms with Crippen molar-refractivity contribution in [3.63, 3.8) is 0 Å². The van der Waals surface area contributed by atoms with Crippen LogP contribution >= 0.6 is 0 Å². The summed E-state index contributed by atoms with van der Waals surface area (Å²) in [4.78, 5) is 6.49. The van der Waals surface area contributed by atoms with Gasteiger partial charge in [0.25, 0.3) is 0 Å². The molecule has 4 nitrogen and oxygen atoms in total. The molecule has 0 radical (unpaired) electrons. The Morgan fingerprint density at radius 2 is 2.31 bits per heavy atom. The summed E-state index contributed by atoms with van der Waals surface area (Å²) in [5, 5.41) is 18.2. The molecule has 0 spiro atoms. The quantitative estimate of drug-likeness (QED) is 0.688. The molecule has 2 N–H and O–H groups in total. The highest BCUT2D eigenvalue weighted by atomic mass is 16.4. The van der Waals surface area contributed by atoms with Gasteiger partial charge in [-0.1, -0.05) is 6.92 Å². The fraction of sp³-hybridized carbons (Fsp3) is 0.545. The molecule has 1 aromatic rings. The zero-order valence-electron chi connectivity index (χ0n) is 9.50. The van der Waals surface area contributed by atoms with E-state index in [0.29, 0.717) is 11.4 Å². The van der Waals surface area contributed by atoms with Gasteiger partial charge in [0.2, 0.25) is 0 Å². The van der Waals surface area contributed by atoms with Gasteiger partial charge in [-0.25, -0.2) is 4.98 Å². The van der Waals surface area contributed by atoms with Crippen LogP contribution in [0.5, 0.6) is 0 Å². The third-order valence-corrected chi connectivity index (χ3v) is 3.05. The third-order valence-electron chi connectivity index (χ3n) is 3.05. The van der Waals surface area contributed by atoms with Gasteiger partial charge >= 0.3 is 7.12 Å². The first kappa shape index (κ1) is 11.4. The van der Waals surface area contributed by atoms with Gasteiger partial charge in [-0.15, -0.1) is 0 Å². The van der Waals surface area contributed by atoms with Crippen LogP contribution in [0.2, 0.25) is 0 Å². The summed E-state index contributed by atoms with van der Waals surface area (Å²) in [5.41, 5.74) is 0.503. The Bertz CT molecular complexity index is 360. The highest BCUT2D eigenvalue weighted by Gasteiger charge is 2.19. The zero-order valence-corrected chi connectivity index (χ0v) is 9.50. The van der Waals surface area contributed by atoms with Gasteiger partial charge < -0.3 is 14.9 Å². The van der Waals surface area contributed by atoms with E-state index in [2.05, 4.69) is 16.8 Å². The highest BCUT2D eigenvalue weighted by molar-refractivity contribution is 6.58. The lowest BCUT2D eigenvalue weighted by Gasteiger charge is -2.32. The molecule has 2 rings (SSSR count). The molecule has 0 amide bonds. The van der Waals surface area contributed by atoms with Crippen LogP contribution in [-0.4, -0.2) is 35.2 Å². The summed E-state index contributed by atoms with van der Waals surface area (Å²) in [6.45, 7) is 4.23. The molecule has 0 aromatic carbocycles. The largest absolute Gasteiger partial charge is 0.488 e. The number of rotatable bonds is 2. The highest BCUT2D eigenvalue weighted by Crippen LogP contribution is 2.20. The van der Waals surface area contributed by atoms with Gasteiger partial charge in [0.05, 0.1) is 0 Å². The summed E-state index contributed by atoms with van der Waals surface area (Å²) < 4.78 is 0. The fourth-order valence-corrected chi connectivity index (χ4v) is 2.17. The molecule has 0 saturated carbocycles. The lowest BCUT2D eigenvalue weighted by Crippen LogP contribution is -2.37. The molecular weight excluding hydrogens is 203 g/mol. The van der Waals surface area contributed by atoms with E-state index in [0.717, 1.165) is 18.9 Å². The van der Waals surface area contributed by atoms with Crippen LogP contribution in [-0.2, 0) is 0 Å². The second-order valence-corrected chi connectivity index (χ2v) is 4.51. The minimum absolute atomic E-state index is 0.503. The second kappa shape index (κ2) is 4.85. The van der Waals surface area contributed by atoms with E-state index < -0.39 is 7.12 Å². The van der Waals surface area contributed by atoms with Crippen molar-refractivity contribution in [3.05, 3.63) is 18.3 Å². The lowest BCUT2D eigenvalue weighted by atomic mass is 9.81. The average molecular weight is 220 g/mol. The Kier molecular flexibility index (Phi) is 3.46. The second-order valence-electron chi connectivity index (χ2n) is 4.51. The molecule has 1 aliphatic heterocycles. The van der Waals surface area contributed by atoms with Crippen molar-refractivity contribution in [2.75, 3.05) is 18.0 Å². The summed E-state index contributed by atoms with van der Waals surface area (Å²) in [5.74, 6) is 1.52. The van der Waals surface area contributed by atoms with E-state index in [1.807, 2.05) is 0 Å². The predicted octanol–water partition coefficient (Wildman–Crippen LogP) is -0.00230. The third kappa shape index (κ3) is 2.54. The molecule has 1 aromatic heterocycles. The molecule has 0 bridgehead atoms. The molecule has 1 aliphatic rings. The Morgan fingerprint density at radius 1 is 1.50 bits per heavy atom. The maximum absolute atomic E-state index is 9.11. The summed E-state index contributed by atoms with van der Waals surface area (Å²) in [6.07, 6.45) is 4.07. The van der Waals surface area contributed by atoms with Crippen molar-refractivity contribution in [3.8, 4) is 0 Å². The zero-order chi connectivity index (χ0) is 11.5. The molecule has 86 valence electrons. The van der Waals surface area contributed by atoms with Gasteiger partial charge in [-0.05, 0) is 36.4 Å². The average Bonchev–Trinajstić information content (AvgIpc) is 2.29. The van der Waals surface area contributed by atoms with Crippen LogP contribution in [0.3, 0.4) is 0 Å². The number of hydrogen-bond donors (Lipinski definition) is 2. The van der Waals surface area contributed by atoms with Crippen LogP contribution in [0.15, 0.2) is 18.3 Å². The van der Waals surface area contributed by atoms with Crippen molar-refractivity contribution >= 4 is 18.4 Å². The molecule has 1 saturated heterocycles. The molecule has 2 heterocycles. The Labute approximate surface area is 96.1 Å². The van der Waals surface area contributed by atoms with E-state index in [4.69, 9.17) is 10.0 Å². The first-order valence-corrected chi connectivity index (χ1v) is 5.74. The first-order valence-electron chi connectivity index (χ1n) is 5.74. The number of piperidine rings is 1. The Morgan fingerprint density at radius 3 is 3.00 bits per heavy atom. The van der Waals surface area contributed by atoms with Crippen LogP contribution in [0, 0.1) is 5.92 Å². The monoisotopic (exact) mass is 220 g/mol. The molecule has 1 atom stereocenters. The Hall–Kier alpha value is -1.07. The fourth-order valence-electron chi connectivity index (χ4n) is 2.17. The van der Waals surface area contributed by atoms with Crippen LogP contribution < -0.4 is 10.4 Å². The molecule has 1 unspecified atom stereocenters. The van der Waals surface area contributed by atoms with E-state index >= 15 is 0 Å². The van der Waals surface area contributed by atoms with Crippen molar-refractivity contribution in [1.29, 1.82) is 0 Å². The summed E-state index contributed by atoms with van der Waals surface area (Å²) in [7, 11) is -1.41. The van der Waals surface area contributed by atoms with E-state index in [-0.39, 0.29) is 0 Å². The normalized spacial score (nSPS) is 20.9. The van der Waals surface area contributed by atoms with Crippen molar-refractivity contribution < 1.29 is 10.0 Å². The lowest BCUT2D eigenvalue weighted by molar-refractivity contribution is 0.425.